The Balaban J connectivity index is 1.60. The molecule has 2 heterocycles. The van der Waals surface area contributed by atoms with Crippen molar-refractivity contribution in [1.82, 2.24) is 14.5 Å². The van der Waals surface area contributed by atoms with Gasteiger partial charge in [-0.3, -0.25) is 9.36 Å². The third kappa shape index (κ3) is 4.44. The maximum Gasteiger partial charge on any atom is 0.278 e. The number of nitrogens with one attached hydrogen (secondary N) is 1. The molecule has 2 aliphatic heterocycles. The highest BCUT2D eigenvalue weighted by molar-refractivity contribution is 5.60. The second-order valence-corrected chi connectivity index (χ2v) is 7.99. The smallest absolute Gasteiger partial charge is 0.278 e. The number of aromatic nitrogens is 3. The van der Waals surface area contributed by atoms with Gasteiger partial charge in [0, 0.05) is 19.0 Å². The van der Waals surface area contributed by atoms with Gasteiger partial charge >= 0.3 is 0 Å². The standard InChI is InChI=1S/C28H25N3O2/c1-2-33-23-15-9-12-21(16-23)18-25-28(32)31-19-26(22-13-7-4-8-14-22)29-24(27(31)30-25)17-20-10-5-3-6-11-20/h3-16,19,29H,2,17-18H2,1H3. The van der Waals surface area contributed by atoms with Crippen molar-refractivity contribution in [3.8, 4) is 22.8 Å². The summed E-state index contributed by atoms with van der Waals surface area (Å²) < 4.78 is 7.29. The van der Waals surface area contributed by atoms with E-state index in [1.807, 2.05) is 85.9 Å². The third-order valence-corrected chi connectivity index (χ3v) is 5.64. The number of nitrogens with zero attached hydrogens (tertiary/aromatic N) is 2. The van der Waals surface area contributed by atoms with E-state index in [9.17, 15) is 4.79 Å². The average molecular weight is 436 g/mol. The van der Waals surface area contributed by atoms with Gasteiger partial charge in [0.15, 0.2) is 5.82 Å². The van der Waals surface area contributed by atoms with E-state index in [2.05, 4.69) is 17.1 Å². The quantitative estimate of drug-likeness (QED) is 0.380. The van der Waals surface area contributed by atoms with Gasteiger partial charge < -0.3 is 9.72 Å². The largest absolute Gasteiger partial charge is 0.494 e. The highest BCUT2D eigenvalue weighted by Crippen LogP contribution is 2.24. The highest BCUT2D eigenvalue weighted by atomic mass is 16.5. The zero-order chi connectivity index (χ0) is 22.6. The summed E-state index contributed by atoms with van der Waals surface area (Å²) in [5.41, 5.74) is 5.40. The van der Waals surface area contributed by atoms with Crippen molar-refractivity contribution in [3.63, 3.8) is 0 Å². The van der Waals surface area contributed by atoms with Crippen LogP contribution in [0, 0.1) is 0 Å². The van der Waals surface area contributed by atoms with Crippen LogP contribution in [0.3, 0.4) is 0 Å². The lowest BCUT2D eigenvalue weighted by atomic mass is 10.1. The molecule has 0 aliphatic carbocycles. The number of imidazole rings is 1. The molecular formula is C28H25N3O2. The second-order valence-electron chi connectivity index (χ2n) is 7.99. The zero-order valence-corrected chi connectivity index (χ0v) is 18.5. The van der Waals surface area contributed by atoms with Gasteiger partial charge in [-0.05, 0) is 35.7 Å². The molecule has 3 aromatic carbocycles. The summed E-state index contributed by atoms with van der Waals surface area (Å²) in [4.78, 5) is 21.7. The zero-order valence-electron chi connectivity index (χ0n) is 18.5. The number of H-pyrrole nitrogens is 1. The van der Waals surface area contributed by atoms with Crippen molar-refractivity contribution >= 4 is 0 Å². The Kier molecular flexibility index (Phi) is 5.77. The van der Waals surface area contributed by atoms with Gasteiger partial charge in [0.1, 0.15) is 11.4 Å². The molecule has 5 rings (SSSR count). The minimum atomic E-state index is -0.0905. The number of hydrogen-bond donors (Lipinski definition) is 1. The molecule has 0 atom stereocenters. The summed E-state index contributed by atoms with van der Waals surface area (Å²) in [5.74, 6) is 1.47. The van der Waals surface area contributed by atoms with Crippen LogP contribution in [0.5, 0.6) is 5.75 Å². The fourth-order valence-electron chi connectivity index (χ4n) is 4.09. The number of benzene rings is 3. The van der Waals surface area contributed by atoms with Crippen LogP contribution in [0.15, 0.2) is 95.9 Å². The molecule has 2 aliphatic rings. The number of rotatable bonds is 7. The Morgan fingerprint density at radius 3 is 2.36 bits per heavy atom. The molecule has 0 saturated carbocycles. The SMILES string of the molecule is CCOc1cccc(Cc2nc3c(Cc4ccccc4)[nH]c(-c4ccccc4)cn-3c2=O)c1. The van der Waals surface area contributed by atoms with Crippen molar-refractivity contribution in [2.45, 2.75) is 19.8 Å². The molecule has 0 radical (unpaired) electrons. The maximum absolute atomic E-state index is 13.4. The summed E-state index contributed by atoms with van der Waals surface area (Å²) in [6.45, 7) is 2.56. The molecule has 5 nitrogen and oxygen atoms in total. The third-order valence-electron chi connectivity index (χ3n) is 5.64. The first-order valence-corrected chi connectivity index (χ1v) is 11.2. The Morgan fingerprint density at radius 1 is 0.879 bits per heavy atom. The monoisotopic (exact) mass is 435 g/mol. The Hall–Kier alpha value is -4.12. The number of ether oxygens (including phenoxy) is 1. The summed E-state index contributed by atoms with van der Waals surface area (Å²) in [6, 6.07) is 28.1. The van der Waals surface area contributed by atoms with Crippen LogP contribution in [-0.2, 0) is 12.8 Å². The lowest BCUT2D eigenvalue weighted by Gasteiger charge is -2.13. The molecule has 0 spiro atoms. The fraction of sp³-hybridized carbons (Fsp3) is 0.143. The number of fused-ring (bicyclic) bond motifs is 1. The Bertz CT molecular complexity index is 1390. The van der Waals surface area contributed by atoms with Crippen LogP contribution in [0.1, 0.15) is 29.4 Å². The van der Waals surface area contributed by atoms with Gasteiger partial charge in [-0.1, -0.05) is 72.8 Å². The summed E-state index contributed by atoms with van der Waals surface area (Å²) in [5, 5.41) is 0. The van der Waals surface area contributed by atoms with E-state index in [1.54, 1.807) is 4.57 Å². The van der Waals surface area contributed by atoms with Gasteiger partial charge in [0.2, 0.25) is 0 Å². The number of aromatic amines is 1. The summed E-state index contributed by atoms with van der Waals surface area (Å²) in [7, 11) is 0. The molecule has 0 fully saturated rings. The molecule has 0 aromatic heterocycles. The van der Waals surface area contributed by atoms with Crippen LogP contribution in [0.25, 0.3) is 17.1 Å². The van der Waals surface area contributed by atoms with Gasteiger partial charge in [-0.15, -0.1) is 0 Å². The molecule has 0 amide bonds. The first-order chi connectivity index (χ1) is 16.2. The molecule has 33 heavy (non-hydrogen) atoms. The van der Waals surface area contributed by atoms with E-state index in [0.29, 0.717) is 31.0 Å². The predicted octanol–water partition coefficient (Wildman–Crippen LogP) is 5.25. The molecule has 0 bridgehead atoms. The van der Waals surface area contributed by atoms with Crippen molar-refractivity contribution in [1.29, 1.82) is 0 Å². The molecule has 5 heteroatoms. The van der Waals surface area contributed by atoms with E-state index < -0.39 is 0 Å². The van der Waals surface area contributed by atoms with Crippen LogP contribution in [0.4, 0.5) is 0 Å². The van der Waals surface area contributed by atoms with Gasteiger partial charge in [-0.2, -0.15) is 0 Å². The van der Waals surface area contributed by atoms with Crippen LogP contribution >= 0.6 is 0 Å². The van der Waals surface area contributed by atoms with Crippen molar-refractivity contribution in [3.05, 3.63) is 124 Å². The van der Waals surface area contributed by atoms with Crippen molar-refractivity contribution < 1.29 is 4.74 Å². The highest BCUT2D eigenvalue weighted by Gasteiger charge is 2.20. The average Bonchev–Trinajstić information content (AvgIpc) is 3.16. The van der Waals surface area contributed by atoms with Gasteiger partial charge in [-0.25, -0.2) is 4.98 Å². The van der Waals surface area contributed by atoms with Crippen LogP contribution < -0.4 is 10.3 Å². The first-order valence-electron chi connectivity index (χ1n) is 11.2. The van der Waals surface area contributed by atoms with Gasteiger partial charge in [0.25, 0.3) is 5.56 Å². The van der Waals surface area contributed by atoms with Gasteiger partial charge in [0.05, 0.1) is 18.0 Å². The summed E-state index contributed by atoms with van der Waals surface area (Å²) in [6.07, 6.45) is 2.96. The minimum Gasteiger partial charge on any atom is -0.494 e. The lowest BCUT2D eigenvalue weighted by Crippen LogP contribution is -2.17. The molecule has 1 N–H and O–H groups in total. The topological polar surface area (TPSA) is 59.9 Å². The predicted molar refractivity (Wildman–Crippen MR) is 130 cm³/mol. The van der Waals surface area contributed by atoms with E-state index in [4.69, 9.17) is 9.72 Å². The summed E-state index contributed by atoms with van der Waals surface area (Å²) >= 11 is 0. The Morgan fingerprint density at radius 2 is 1.61 bits per heavy atom. The minimum absolute atomic E-state index is 0.0905. The molecule has 3 aromatic rings. The molecule has 0 unspecified atom stereocenters. The molecular weight excluding hydrogens is 410 g/mol. The first kappa shape index (κ1) is 20.8. The Labute approximate surface area is 192 Å². The maximum atomic E-state index is 13.4. The van der Waals surface area contributed by atoms with Crippen LogP contribution in [0.2, 0.25) is 0 Å². The fourth-order valence-corrected chi connectivity index (χ4v) is 4.09. The van der Waals surface area contributed by atoms with E-state index >= 15 is 0 Å². The molecule has 0 saturated heterocycles. The van der Waals surface area contributed by atoms with E-state index in [0.717, 1.165) is 33.8 Å². The van der Waals surface area contributed by atoms with E-state index in [1.165, 1.54) is 0 Å². The van der Waals surface area contributed by atoms with Crippen molar-refractivity contribution in [2.75, 3.05) is 6.61 Å². The van der Waals surface area contributed by atoms with E-state index in [-0.39, 0.29) is 5.56 Å². The normalized spacial score (nSPS) is 11.1. The molecule has 164 valence electrons. The lowest BCUT2D eigenvalue weighted by molar-refractivity contribution is 0.340. The number of hydrogen-bond acceptors (Lipinski definition) is 3. The second kappa shape index (κ2) is 9.17. The van der Waals surface area contributed by atoms with Crippen molar-refractivity contribution in [2.24, 2.45) is 0 Å². The van der Waals surface area contributed by atoms with Crippen LogP contribution in [-0.4, -0.2) is 21.1 Å².